The number of carbonyl (C=O) groups is 1. The van der Waals surface area contributed by atoms with Gasteiger partial charge < -0.3 is 5.32 Å². The molecule has 0 spiro atoms. The lowest BCUT2D eigenvalue weighted by Crippen LogP contribution is -2.25. The summed E-state index contributed by atoms with van der Waals surface area (Å²) in [4.78, 5) is 13.4. The first-order valence-electron chi connectivity index (χ1n) is 9.42. The molecule has 2 aromatic heterocycles. The van der Waals surface area contributed by atoms with Gasteiger partial charge in [-0.15, -0.1) is 10.2 Å². The standard InChI is InChI=1S/C21H19N5OS/c27-20(17-8-4-7-16(13-17)14-5-2-1-3-6-14)22-12-11-18-25-26-19(15-9-10-15)23-24-21(26)28-18/h1-8,13,15H,9-12H2,(H,22,27). The predicted octanol–water partition coefficient (Wildman–Crippen LogP) is 3.70. The van der Waals surface area contributed by atoms with Gasteiger partial charge in [-0.25, -0.2) is 0 Å². The van der Waals surface area contributed by atoms with Crippen molar-refractivity contribution in [1.82, 2.24) is 25.1 Å². The van der Waals surface area contributed by atoms with E-state index >= 15 is 0 Å². The Hall–Kier alpha value is -3.06. The monoisotopic (exact) mass is 389 g/mol. The normalized spacial score (nSPS) is 13.7. The second kappa shape index (κ2) is 7.16. The third-order valence-electron chi connectivity index (χ3n) is 4.86. The largest absolute Gasteiger partial charge is 0.352 e. The van der Waals surface area contributed by atoms with Crippen LogP contribution in [0.1, 0.15) is 39.9 Å². The molecule has 28 heavy (non-hydrogen) atoms. The molecule has 140 valence electrons. The molecule has 0 atom stereocenters. The minimum Gasteiger partial charge on any atom is -0.352 e. The number of fused-ring (bicyclic) bond motifs is 1. The molecule has 0 unspecified atom stereocenters. The molecule has 1 aliphatic rings. The van der Waals surface area contributed by atoms with E-state index in [1.807, 2.05) is 59.1 Å². The zero-order valence-electron chi connectivity index (χ0n) is 15.2. The number of rotatable bonds is 6. The van der Waals surface area contributed by atoms with Crippen LogP contribution in [-0.2, 0) is 6.42 Å². The summed E-state index contributed by atoms with van der Waals surface area (Å²) in [6, 6.07) is 17.8. The van der Waals surface area contributed by atoms with Crippen molar-refractivity contribution in [3.8, 4) is 11.1 Å². The molecule has 2 aromatic carbocycles. The van der Waals surface area contributed by atoms with Crippen molar-refractivity contribution in [3.05, 3.63) is 71.0 Å². The van der Waals surface area contributed by atoms with Crippen LogP contribution >= 0.6 is 11.3 Å². The molecule has 1 saturated carbocycles. The number of nitrogens with zero attached hydrogens (tertiary/aromatic N) is 4. The van der Waals surface area contributed by atoms with Crippen LogP contribution in [0.5, 0.6) is 0 Å². The van der Waals surface area contributed by atoms with Crippen molar-refractivity contribution < 1.29 is 4.79 Å². The topological polar surface area (TPSA) is 72.2 Å². The van der Waals surface area contributed by atoms with E-state index in [1.54, 1.807) is 0 Å². The zero-order valence-corrected chi connectivity index (χ0v) is 16.0. The van der Waals surface area contributed by atoms with Gasteiger partial charge >= 0.3 is 0 Å². The minimum atomic E-state index is -0.0700. The summed E-state index contributed by atoms with van der Waals surface area (Å²) in [5.41, 5.74) is 2.80. The molecule has 1 amide bonds. The van der Waals surface area contributed by atoms with Crippen molar-refractivity contribution in [2.75, 3.05) is 6.54 Å². The van der Waals surface area contributed by atoms with Gasteiger partial charge in [-0.3, -0.25) is 4.79 Å². The lowest BCUT2D eigenvalue weighted by Gasteiger charge is -2.06. The van der Waals surface area contributed by atoms with Crippen LogP contribution < -0.4 is 5.32 Å². The van der Waals surface area contributed by atoms with Gasteiger partial charge in [-0.1, -0.05) is 53.8 Å². The number of amides is 1. The molecule has 0 radical (unpaired) electrons. The van der Waals surface area contributed by atoms with Crippen molar-refractivity contribution in [2.24, 2.45) is 0 Å². The van der Waals surface area contributed by atoms with Crippen molar-refractivity contribution in [2.45, 2.75) is 25.2 Å². The van der Waals surface area contributed by atoms with E-state index in [-0.39, 0.29) is 5.91 Å². The Kier molecular flexibility index (Phi) is 4.37. The SMILES string of the molecule is O=C(NCCc1nn2c(C3CC3)nnc2s1)c1cccc(-c2ccccc2)c1. The fraction of sp³-hybridized carbons (Fsp3) is 0.238. The Balaban J connectivity index is 1.23. The summed E-state index contributed by atoms with van der Waals surface area (Å²) in [7, 11) is 0. The Morgan fingerprint density at radius 2 is 1.89 bits per heavy atom. The van der Waals surface area contributed by atoms with Gasteiger partial charge in [0, 0.05) is 24.4 Å². The number of carbonyl (C=O) groups excluding carboxylic acids is 1. The lowest BCUT2D eigenvalue weighted by molar-refractivity contribution is 0.0954. The average molecular weight is 389 g/mol. The first-order chi connectivity index (χ1) is 13.8. The summed E-state index contributed by atoms with van der Waals surface area (Å²) >= 11 is 1.54. The molecule has 1 aliphatic carbocycles. The van der Waals surface area contributed by atoms with Crippen LogP contribution in [0.3, 0.4) is 0 Å². The van der Waals surface area contributed by atoms with Crippen LogP contribution in [0, 0.1) is 0 Å². The maximum absolute atomic E-state index is 12.5. The predicted molar refractivity (Wildman–Crippen MR) is 109 cm³/mol. The van der Waals surface area contributed by atoms with Gasteiger partial charge in [0.05, 0.1) is 0 Å². The highest BCUT2D eigenvalue weighted by Crippen LogP contribution is 2.39. The summed E-state index contributed by atoms with van der Waals surface area (Å²) in [5, 5.41) is 17.0. The van der Waals surface area contributed by atoms with E-state index in [9.17, 15) is 4.79 Å². The highest BCUT2D eigenvalue weighted by atomic mass is 32.1. The molecule has 6 nitrogen and oxygen atoms in total. The Morgan fingerprint density at radius 1 is 1.07 bits per heavy atom. The number of aromatic nitrogens is 4. The van der Waals surface area contributed by atoms with Gasteiger partial charge in [0.1, 0.15) is 5.01 Å². The molecular formula is C21H19N5OS. The summed E-state index contributed by atoms with van der Waals surface area (Å²) in [6.07, 6.45) is 3.03. The molecular weight excluding hydrogens is 370 g/mol. The lowest BCUT2D eigenvalue weighted by atomic mass is 10.0. The number of benzene rings is 2. The van der Waals surface area contributed by atoms with Crippen molar-refractivity contribution in [3.63, 3.8) is 0 Å². The van der Waals surface area contributed by atoms with Crippen molar-refractivity contribution >= 4 is 22.2 Å². The van der Waals surface area contributed by atoms with E-state index in [2.05, 4.69) is 20.6 Å². The molecule has 5 rings (SSSR count). The minimum absolute atomic E-state index is 0.0700. The van der Waals surface area contributed by atoms with Gasteiger partial charge in [-0.05, 0) is 36.1 Å². The molecule has 4 aromatic rings. The molecule has 0 bridgehead atoms. The Morgan fingerprint density at radius 3 is 2.71 bits per heavy atom. The molecule has 1 N–H and O–H groups in total. The summed E-state index contributed by atoms with van der Waals surface area (Å²) in [5.74, 6) is 1.42. The summed E-state index contributed by atoms with van der Waals surface area (Å²) < 4.78 is 1.86. The molecule has 1 fully saturated rings. The van der Waals surface area contributed by atoms with Crippen LogP contribution in [0.25, 0.3) is 16.1 Å². The molecule has 7 heteroatoms. The first-order valence-corrected chi connectivity index (χ1v) is 10.2. The number of hydrogen-bond acceptors (Lipinski definition) is 5. The smallest absolute Gasteiger partial charge is 0.251 e. The van der Waals surface area contributed by atoms with E-state index in [1.165, 1.54) is 24.2 Å². The Labute approximate surface area is 166 Å². The van der Waals surface area contributed by atoms with Gasteiger partial charge in [-0.2, -0.15) is 9.61 Å². The maximum Gasteiger partial charge on any atom is 0.251 e. The second-order valence-corrected chi connectivity index (χ2v) is 8.02. The van der Waals surface area contributed by atoms with E-state index < -0.39 is 0 Å². The number of hydrogen-bond donors (Lipinski definition) is 1. The van der Waals surface area contributed by atoms with Crippen LogP contribution in [0.2, 0.25) is 0 Å². The fourth-order valence-corrected chi connectivity index (χ4v) is 4.06. The molecule has 0 aliphatic heterocycles. The summed E-state index contributed by atoms with van der Waals surface area (Å²) in [6.45, 7) is 0.539. The molecule has 0 saturated heterocycles. The third-order valence-corrected chi connectivity index (χ3v) is 5.81. The van der Waals surface area contributed by atoms with Gasteiger partial charge in [0.25, 0.3) is 5.91 Å². The first kappa shape index (κ1) is 17.1. The quantitative estimate of drug-likeness (QED) is 0.546. The van der Waals surface area contributed by atoms with Crippen LogP contribution in [0.4, 0.5) is 0 Å². The maximum atomic E-state index is 12.5. The van der Waals surface area contributed by atoms with E-state index in [4.69, 9.17) is 0 Å². The van der Waals surface area contributed by atoms with Gasteiger partial charge in [0.2, 0.25) is 4.96 Å². The third kappa shape index (κ3) is 3.41. The van der Waals surface area contributed by atoms with E-state index in [0.717, 1.165) is 26.9 Å². The fourth-order valence-electron chi connectivity index (χ4n) is 3.22. The van der Waals surface area contributed by atoms with Crippen LogP contribution in [0.15, 0.2) is 54.6 Å². The van der Waals surface area contributed by atoms with Crippen LogP contribution in [-0.4, -0.2) is 32.3 Å². The highest BCUT2D eigenvalue weighted by molar-refractivity contribution is 7.16. The highest BCUT2D eigenvalue weighted by Gasteiger charge is 2.30. The second-order valence-electron chi connectivity index (χ2n) is 6.98. The van der Waals surface area contributed by atoms with Crippen molar-refractivity contribution in [1.29, 1.82) is 0 Å². The molecule has 2 heterocycles. The van der Waals surface area contributed by atoms with Gasteiger partial charge in [0.15, 0.2) is 5.82 Å². The zero-order chi connectivity index (χ0) is 18.9. The van der Waals surface area contributed by atoms with E-state index in [0.29, 0.717) is 24.4 Å². The number of nitrogens with one attached hydrogen (secondary N) is 1. The Bertz CT molecular complexity index is 1130. The average Bonchev–Trinajstić information content (AvgIpc) is 3.38.